The van der Waals surface area contributed by atoms with Crippen LogP contribution in [0.3, 0.4) is 0 Å². The Morgan fingerprint density at radius 3 is 1.85 bits per heavy atom. The molecule has 5 nitrogen and oxygen atoms in total. The lowest BCUT2D eigenvalue weighted by molar-refractivity contribution is 0.0642. The number of rotatable bonds is 2. The first-order chi connectivity index (χ1) is 9.56. The van der Waals surface area contributed by atoms with Gasteiger partial charge in [-0.2, -0.15) is 0 Å². The average molecular weight is 269 g/mol. The van der Waals surface area contributed by atoms with E-state index in [0.29, 0.717) is 16.7 Å². The maximum atomic E-state index is 12.2. The first-order valence-corrected chi connectivity index (χ1v) is 6.03. The Bertz CT molecular complexity index is 668. The molecule has 0 aliphatic carbocycles. The van der Waals surface area contributed by atoms with Crippen molar-refractivity contribution in [3.05, 3.63) is 59.2 Å². The molecule has 2 N–H and O–H groups in total. The van der Waals surface area contributed by atoms with E-state index in [-0.39, 0.29) is 29.9 Å². The van der Waals surface area contributed by atoms with Gasteiger partial charge < -0.3 is 10.2 Å². The van der Waals surface area contributed by atoms with E-state index in [1.54, 1.807) is 24.3 Å². The Morgan fingerprint density at radius 2 is 1.35 bits per heavy atom. The van der Waals surface area contributed by atoms with E-state index < -0.39 is 0 Å². The smallest absolute Gasteiger partial charge is 0.261 e. The molecule has 0 fully saturated rings. The largest absolute Gasteiger partial charge is 0.508 e. The minimum Gasteiger partial charge on any atom is -0.508 e. The molecule has 20 heavy (non-hydrogen) atoms. The second kappa shape index (κ2) is 4.38. The van der Waals surface area contributed by atoms with Crippen LogP contribution in [0.15, 0.2) is 42.5 Å². The van der Waals surface area contributed by atoms with Gasteiger partial charge in [0.15, 0.2) is 0 Å². The topological polar surface area (TPSA) is 77.8 Å². The summed E-state index contributed by atoms with van der Waals surface area (Å²) in [5.41, 5.74) is 1.24. The zero-order valence-corrected chi connectivity index (χ0v) is 10.4. The number of nitrogens with zero attached hydrogens (tertiary/aromatic N) is 1. The average Bonchev–Trinajstić information content (AvgIpc) is 2.64. The molecule has 0 spiro atoms. The Morgan fingerprint density at radius 1 is 0.850 bits per heavy atom. The van der Waals surface area contributed by atoms with Crippen LogP contribution in [0.5, 0.6) is 11.5 Å². The maximum absolute atomic E-state index is 12.2. The molecule has 0 radical (unpaired) electrons. The summed E-state index contributed by atoms with van der Waals surface area (Å²) in [5, 5.41) is 18.8. The van der Waals surface area contributed by atoms with Crippen LogP contribution in [0.25, 0.3) is 0 Å². The summed E-state index contributed by atoms with van der Waals surface area (Å²) in [4.78, 5) is 25.4. The molecule has 2 aromatic carbocycles. The van der Waals surface area contributed by atoms with Crippen molar-refractivity contribution in [3.63, 3.8) is 0 Å². The number of hydrogen-bond donors (Lipinski definition) is 2. The monoisotopic (exact) mass is 269 g/mol. The van der Waals surface area contributed by atoms with Crippen LogP contribution in [-0.2, 0) is 6.54 Å². The fourth-order valence-corrected chi connectivity index (χ4v) is 2.31. The molecule has 2 amide bonds. The third-order valence-corrected chi connectivity index (χ3v) is 3.18. The summed E-state index contributed by atoms with van der Waals surface area (Å²) < 4.78 is 0. The zero-order chi connectivity index (χ0) is 14.3. The van der Waals surface area contributed by atoms with Crippen molar-refractivity contribution in [1.82, 2.24) is 4.90 Å². The van der Waals surface area contributed by atoms with Crippen molar-refractivity contribution < 1.29 is 19.8 Å². The first kappa shape index (κ1) is 12.2. The summed E-state index contributed by atoms with van der Waals surface area (Å²) in [5.74, 6) is -0.963. The van der Waals surface area contributed by atoms with Crippen LogP contribution in [0, 0.1) is 0 Å². The van der Waals surface area contributed by atoms with Crippen molar-refractivity contribution in [2.45, 2.75) is 6.54 Å². The summed E-state index contributed by atoms with van der Waals surface area (Å²) in [7, 11) is 0. The van der Waals surface area contributed by atoms with E-state index in [1.807, 2.05) is 0 Å². The molecule has 0 saturated carbocycles. The third kappa shape index (κ3) is 1.89. The number of carbonyl (C=O) groups excluding carboxylic acids is 2. The number of phenolic OH excluding ortho intramolecular Hbond substituents is 2. The summed E-state index contributed by atoms with van der Waals surface area (Å²) >= 11 is 0. The molecule has 0 bridgehead atoms. The van der Waals surface area contributed by atoms with Gasteiger partial charge in [0.25, 0.3) is 11.8 Å². The summed E-state index contributed by atoms with van der Waals surface area (Å²) in [6.45, 7) is 0.00824. The lowest BCUT2D eigenvalue weighted by atomic mass is 10.1. The molecule has 2 aromatic rings. The second-order valence-electron chi connectivity index (χ2n) is 4.60. The van der Waals surface area contributed by atoms with Crippen molar-refractivity contribution in [2.24, 2.45) is 0 Å². The van der Waals surface area contributed by atoms with E-state index in [1.165, 1.54) is 18.2 Å². The van der Waals surface area contributed by atoms with Gasteiger partial charge in [-0.15, -0.1) is 0 Å². The third-order valence-electron chi connectivity index (χ3n) is 3.18. The van der Waals surface area contributed by atoms with E-state index in [2.05, 4.69) is 0 Å². The van der Waals surface area contributed by atoms with Crippen LogP contribution in [0.1, 0.15) is 26.3 Å². The van der Waals surface area contributed by atoms with Crippen LogP contribution in [0.2, 0.25) is 0 Å². The lowest BCUT2D eigenvalue weighted by Crippen LogP contribution is -2.29. The quantitative estimate of drug-likeness (QED) is 0.816. The second-order valence-corrected chi connectivity index (χ2v) is 4.60. The molecule has 1 aliphatic rings. The van der Waals surface area contributed by atoms with Gasteiger partial charge in [-0.3, -0.25) is 14.5 Å². The van der Waals surface area contributed by atoms with Crippen LogP contribution in [-0.4, -0.2) is 26.9 Å². The van der Waals surface area contributed by atoms with E-state index in [4.69, 9.17) is 0 Å². The van der Waals surface area contributed by atoms with Crippen LogP contribution in [0.4, 0.5) is 0 Å². The minimum absolute atomic E-state index is 0.00824. The number of amides is 2. The maximum Gasteiger partial charge on any atom is 0.261 e. The van der Waals surface area contributed by atoms with Crippen molar-refractivity contribution >= 4 is 11.8 Å². The number of phenols is 2. The van der Waals surface area contributed by atoms with Gasteiger partial charge in [-0.05, 0) is 29.8 Å². The van der Waals surface area contributed by atoms with Crippen molar-refractivity contribution in [1.29, 1.82) is 0 Å². The molecule has 1 heterocycles. The van der Waals surface area contributed by atoms with Gasteiger partial charge >= 0.3 is 0 Å². The fraction of sp³-hybridized carbons (Fsp3) is 0.0667. The molecular weight excluding hydrogens is 258 g/mol. The Hall–Kier alpha value is -2.82. The predicted molar refractivity (Wildman–Crippen MR) is 70.4 cm³/mol. The summed E-state index contributed by atoms with van der Waals surface area (Å²) in [6.07, 6.45) is 0. The highest BCUT2D eigenvalue weighted by atomic mass is 16.3. The minimum atomic E-state index is -0.367. The molecule has 0 unspecified atom stereocenters. The molecule has 0 aromatic heterocycles. The number of benzene rings is 2. The molecule has 5 heteroatoms. The Kier molecular flexibility index (Phi) is 2.68. The van der Waals surface area contributed by atoms with Gasteiger partial charge in [0, 0.05) is 6.07 Å². The normalized spacial score (nSPS) is 13.7. The Balaban J connectivity index is 1.93. The lowest BCUT2D eigenvalue weighted by Gasteiger charge is -2.14. The molecule has 0 saturated heterocycles. The summed E-state index contributed by atoms with van der Waals surface area (Å²) in [6, 6.07) is 10.6. The van der Waals surface area contributed by atoms with Gasteiger partial charge in [0.1, 0.15) is 11.5 Å². The number of carbonyl (C=O) groups is 2. The SMILES string of the molecule is O=C1c2ccccc2C(=O)N1Cc1cc(O)cc(O)c1. The molecular formula is C15H11NO4. The standard InChI is InChI=1S/C15H11NO4/c17-10-5-9(6-11(18)7-10)8-16-14(19)12-3-1-2-4-13(12)15(16)20/h1-7,17-18H,8H2. The highest BCUT2D eigenvalue weighted by molar-refractivity contribution is 6.21. The van der Waals surface area contributed by atoms with Crippen LogP contribution >= 0.6 is 0 Å². The number of fused-ring (bicyclic) bond motifs is 1. The van der Waals surface area contributed by atoms with E-state index >= 15 is 0 Å². The highest BCUT2D eigenvalue weighted by Gasteiger charge is 2.34. The fourth-order valence-electron chi connectivity index (χ4n) is 2.31. The number of imide groups is 1. The van der Waals surface area contributed by atoms with Gasteiger partial charge in [0.05, 0.1) is 17.7 Å². The predicted octanol–water partition coefficient (Wildman–Crippen LogP) is 1.89. The zero-order valence-electron chi connectivity index (χ0n) is 10.4. The molecule has 100 valence electrons. The van der Waals surface area contributed by atoms with Crippen molar-refractivity contribution in [3.8, 4) is 11.5 Å². The molecule has 3 rings (SSSR count). The first-order valence-electron chi connectivity index (χ1n) is 6.03. The highest BCUT2D eigenvalue weighted by Crippen LogP contribution is 2.26. The van der Waals surface area contributed by atoms with E-state index in [0.717, 1.165) is 4.90 Å². The van der Waals surface area contributed by atoms with Crippen molar-refractivity contribution in [2.75, 3.05) is 0 Å². The van der Waals surface area contributed by atoms with Crippen LogP contribution < -0.4 is 0 Å². The molecule has 1 aliphatic heterocycles. The van der Waals surface area contributed by atoms with Gasteiger partial charge in [-0.1, -0.05) is 12.1 Å². The molecule has 0 atom stereocenters. The Labute approximate surface area is 114 Å². The van der Waals surface area contributed by atoms with E-state index in [9.17, 15) is 19.8 Å². The van der Waals surface area contributed by atoms with Gasteiger partial charge in [0.2, 0.25) is 0 Å². The number of hydrogen-bond acceptors (Lipinski definition) is 4. The van der Waals surface area contributed by atoms with Gasteiger partial charge in [-0.25, -0.2) is 0 Å². The number of aromatic hydroxyl groups is 2.